The Kier molecular flexibility index (Phi) is 21.5. The average Bonchev–Trinajstić information content (AvgIpc) is 3.20. The van der Waals surface area contributed by atoms with Gasteiger partial charge in [0.2, 0.25) is 0 Å². The maximum Gasteiger partial charge on any atom is 0.0951 e. The van der Waals surface area contributed by atoms with Crippen LogP contribution in [0.3, 0.4) is 0 Å². The zero-order chi connectivity index (χ0) is 35.9. The van der Waals surface area contributed by atoms with Gasteiger partial charge in [0.1, 0.15) is 0 Å². The fourth-order valence-electron chi connectivity index (χ4n) is 13.6. The van der Waals surface area contributed by atoms with Crippen LogP contribution in [0.2, 0.25) is 0 Å². The molecular weight excluding hydrogens is 681 g/mol. The second kappa shape index (κ2) is 24.4. The van der Waals surface area contributed by atoms with Crippen molar-refractivity contribution in [2.75, 3.05) is 13.2 Å². The highest BCUT2D eigenvalue weighted by Crippen LogP contribution is 2.49. The van der Waals surface area contributed by atoms with Crippen molar-refractivity contribution in [2.24, 2.45) is 82.9 Å². The Morgan fingerprint density at radius 1 is 0.339 bits per heavy atom. The van der Waals surface area contributed by atoms with Crippen molar-refractivity contribution >= 4 is 0 Å². The average molecular weight is 781 g/mol. The second-order valence-corrected chi connectivity index (χ2v) is 21.1. The van der Waals surface area contributed by atoms with E-state index >= 15 is 0 Å². The van der Waals surface area contributed by atoms with Gasteiger partial charge in [0.25, 0.3) is 0 Å². The largest absolute Gasteiger partial charge is 0.498 e. The Bertz CT molecular complexity index is 1090. The number of hydrogen-bond donors (Lipinski definition) is 0. The predicted octanol–water partition coefficient (Wildman–Crippen LogP) is 17.3. The van der Waals surface area contributed by atoms with Gasteiger partial charge in [-0.1, -0.05) is 76.2 Å². The van der Waals surface area contributed by atoms with Crippen molar-refractivity contribution in [3.8, 4) is 0 Å². The van der Waals surface area contributed by atoms with Crippen LogP contribution in [-0.4, -0.2) is 13.2 Å². The van der Waals surface area contributed by atoms with Crippen LogP contribution in [0.25, 0.3) is 0 Å². The lowest BCUT2D eigenvalue weighted by atomic mass is 9.64. The number of hydrogen-bond acceptors (Lipinski definition) is 2. The van der Waals surface area contributed by atoms with Gasteiger partial charge < -0.3 is 9.47 Å². The highest BCUT2D eigenvalue weighted by Gasteiger charge is 2.37. The summed E-state index contributed by atoms with van der Waals surface area (Å²) in [5.74, 6) is 16.3. The fraction of sp³-hybridized carbons (Fsp3) is 0.926. The van der Waals surface area contributed by atoms with Crippen molar-refractivity contribution in [1.82, 2.24) is 0 Å². The van der Waals surface area contributed by atoms with Gasteiger partial charge in [-0.2, -0.15) is 0 Å². The van der Waals surface area contributed by atoms with Gasteiger partial charge in [0.15, 0.2) is 0 Å². The van der Waals surface area contributed by atoms with Crippen molar-refractivity contribution in [2.45, 2.75) is 224 Å². The summed E-state index contributed by atoms with van der Waals surface area (Å²) in [6, 6.07) is 0. The van der Waals surface area contributed by atoms with Gasteiger partial charge in [-0.05, 0) is 237 Å². The van der Waals surface area contributed by atoms with Gasteiger partial charge in [-0.25, -0.2) is 0 Å². The summed E-state index contributed by atoms with van der Waals surface area (Å²) in [6.45, 7) is 11.3. The Hall–Kier alpha value is -0.920. The maximum absolute atomic E-state index is 6.06. The van der Waals surface area contributed by atoms with Gasteiger partial charge in [-0.15, -0.1) is 0 Å². The van der Waals surface area contributed by atoms with Crippen LogP contribution in [0.4, 0.5) is 0 Å². The summed E-state index contributed by atoms with van der Waals surface area (Å²) in [6.07, 6.45) is 43.6. The number of rotatable bonds is 6. The van der Waals surface area contributed by atoms with E-state index < -0.39 is 0 Å². The quantitative estimate of drug-likeness (QED) is 0.267. The van der Waals surface area contributed by atoms with Crippen LogP contribution in [-0.2, 0) is 9.47 Å². The SMILES string of the molecule is C.C.C.C.CC1=CCC(C2CCC(C3CCC(C4CCC(C)CC4)CC3)CC2)CO1.CC1CCC(C2CCC(C3CCC(C4=CCC(C)CO4)CC3)CC2)CC1. The van der Waals surface area contributed by atoms with Gasteiger partial charge in [0.05, 0.1) is 24.7 Å². The fourth-order valence-corrected chi connectivity index (χ4v) is 13.6. The molecular formula is C54H100O2. The third-order valence-electron chi connectivity index (χ3n) is 17.6. The molecule has 2 aliphatic heterocycles. The summed E-state index contributed by atoms with van der Waals surface area (Å²) in [7, 11) is 0. The first-order valence-electron chi connectivity index (χ1n) is 24.0. The standard InChI is InChI=1S/2C25H42O.4CH4/c1-18-3-6-20(7-4-18)21-8-10-22(11-9-21)23-12-14-24(15-13-23)25-16-5-19(2)17-26-25;1-18-3-6-20(7-4-18)21-9-11-22(12-10-21)23-13-15-24(16-14-23)25-8-5-19(2)26-17-25;;;;/h16,18-24H,3-15,17H2,1-2H3;5,18,20-25H,3-4,6-17H2,1-2H3;4*1H4. The summed E-state index contributed by atoms with van der Waals surface area (Å²) in [4.78, 5) is 0. The molecule has 0 amide bonds. The molecule has 0 N–H and O–H groups in total. The molecule has 0 bridgehead atoms. The van der Waals surface area contributed by atoms with E-state index in [1.165, 1.54) is 108 Å². The van der Waals surface area contributed by atoms with Gasteiger partial charge >= 0.3 is 0 Å². The molecule has 6 saturated carbocycles. The first kappa shape index (κ1) is 49.4. The topological polar surface area (TPSA) is 18.5 Å². The molecule has 2 nitrogen and oxygen atoms in total. The van der Waals surface area contributed by atoms with Crippen LogP contribution in [0.5, 0.6) is 0 Å². The highest BCUT2D eigenvalue weighted by atomic mass is 16.5. The van der Waals surface area contributed by atoms with Crippen molar-refractivity contribution < 1.29 is 9.47 Å². The lowest BCUT2D eigenvalue weighted by molar-refractivity contribution is 0.0669. The lowest BCUT2D eigenvalue weighted by Crippen LogP contribution is -2.31. The molecule has 0 radical (unpaired) electrons. The second-order valence-electron chi connectivity index (χ2n) is 21.1. The third-order valence-corrected chi connectivity index (χ3v) is 17.6. The van der Waals surface area contributed by atoms with Crippen molar-refractivity contribution in [3.05, 3.63) is 23.7 Å². The molecule has 2 unspecified atom stereocenters. The molecule has 8 aliphatic rings. The van der Waals surface area contributed by atoms with E-state index in [0.29, 0.717) is 0 Å². The minimum Gasteiger partial charge on any atom is -0.498 e. The Labute approximate surface area is 352 Å². The summed E-state index contributed by atoms with van der Waals surface area (Å²) in [5.41, 5.74) is 0. The molecule has 2 heteroatoms. The van der Waals surface area contributed by atoms with Crippen LogP contribution in [0.15, 0.2) is 23.7 Å². The molecule has 2 heterocycles. The molecule has 0 saturated heterocycles. The van der Waals surface area contributed by atoms with E-state index in [4.69, 9.17) is 9.47 Å². The monoisotopic (exact) mass is 781 g/mol. The summed E-state index contributed by atoms with van der Waals surface area (Å²) in [5, 5.41) is 0. The molecule has 328 valence electrons. The highest BCUT2D eigenvalue weighted by molar-refractivity contribution is 5.04. The number of ether oxygens (including phenoxy) is 2. The zero-order valence-electron chi connectivity index (χ0n) is 34.9. The Morgan fingerprint density at radius 3 is 0.964 bits per heavy atom. The van der Waals surface area contributed by atoms with E-state index in [2.05, 4.69) is 39.8 Å². The molecule has 8 rings (SSSR count). The molecule has 0 aromatic heterocycles. The third kappa shape index (κ3) is 13.5. The van der Waals surface area contributed by atoms with Crippen LogP contribution in [0.1, 0.15) is 224 Å². The van der Waals surface area contributed by atoms with E-state index in [0.717, 1.165) is 102 Å². The van der Waals surface area contributed by atoms with Gasteiger partial charge in [-0.3, -0.25) is 0 Å². The van der Waals surface area contributed by atoms with E-state index in [1.807, 2.05) is 0 Å². The van der Waals surface area contributed by atoms with E-state index in [1.54, 1.807) is 64.2 Å². The summed E-state index contributed by atoms with van der Waals surface area (Å²) < 4.78 is 11.9. The van der Waals surface area contributed by atoms with Crippen LogP contribution in [0, 0.1) is 82.9 Å². The maximum atomic E-state index is 6.06. The first-order valence-corrected chi connectivity index (χ1v) is 24.0. The van der Waals surface area contributed by atoms with Crippen molar-refractivity contribution in [1.29, 1.82) is 0 Å². The minimum absolute atomic E-state index is 0. The van der Waals surface area contributed by atoms with E-state index in [9.17, 15) is 0 Å². The number of allylic oxidation sites excluding steroid dienone is 4. The minimum atomic E-state index is 0. The van der Waals surface area contributed by atoms with Crippen LogP contribution >= 0.6 is 0 Å². The lowest BCUT2D eigenvalue weighted by Gasteiger charge is -2.42. The molecule has 2 atom stereocenters. The molecule has 6 fully saturated rings. The molecule has 0 aromatic carbocycles. The Balaban J connectivity index is 0.000000280. The summed E-state index contributed by atoms with van der Waals surface area (Å²) >= 11 is 0. The predicted molar refractivity (Wildman–Crippen MR) is 247 cm³/mol. The molecule has 56 heavy (non-hydrogen) atoms. The Morgan fingerprint density at radius 2 is 0.661 bits per heavy atom. The van der Waals surface area contributed by atoms with Gasteiger partial charge in [0, 0.05) is 5.92 Å². The van der Waals surface area contributed by atoms with Crippen molar-refractivity contribution in [3.63, 3.8) is 0 Å². The smallest absolute Gasteiger partial charge is 0.0951 e. The first-order chi connectivity index (χ1) is 25.4. The zero-order valence-corrected chi connectivity index (χ0v) is 34.9. The van der Waals surface area contributed by atoms with Crippen LogP contribution < -0.4 is 0 Å². The molecule has 6 aliphatic carbocycles. The molecule has 0 aromatic rings. The normalized spacial score (nSPS) is 41.6. The molecule has 0 spiro atoms. The van der Waals surface area contributed by atoms with E-state index in [-0.39, 0.29) is 29.7 Å².